The molecule has 0 unspecified atom stereocenters. The molecular weight excluding hydrogens is 417 g/mol. The molecule has 0 aliphatic carbocycles. The predicted molar refractivity (Wildman–Crippen MR) is 115 cm³/mol. The van der Waals surface area contributed by atoms with Crippen LogP contribution in [0.15, 0.2) is 48.8 Å². The standard InChI is InChI=1S/C24H27F3N4O/c1-3-31-15-20(17(2)29-31)14-30-9-10-32-23(16-30)22-8-7-19(13-28-22)11-18-5-4-6-21(12-18)24(25,26)27/h4-8,12-13,15,23H,3,9-11,14,16H2,1-2H3/t23-/m0/s1. The van der Waals surface area contributed by atoms with Crippen molar-refractivity contribution >= 4 is 0 Å². The molecule has 1 aromatic carbocycles. The maximum atomic E-state index is 12.9. The van der Waals surface area contributed by atoms with Gasteiger partial charge in [0.05, 0.1) is 23.6 Å². The van der Waals surface area contributed by atoms with E-state index in [9.17, 15) is 13.2 Å². The van der Waals surface area contributed by atoms with Crippen LogP contribution in [0.1, 0.15) is 46.7 Å². The Kier molecular flexibility index (Phi) is 6.62. The lowest BCUT2D eigenvalue weighted by Gasteiger charge is -2.32. The average Bonchev–Trinajstić information content (AvgIpc) is 3.13. The Morgan fingerprint density at radius 3 is 2.69 bits per heavy atom. The third-order valence-corrected chi connectivity index (χ3v) is 5.76. The van der Waals surface area contributed by atoms with Crippen LogP contribution in [0.4, 0.5) is 13.2 Å². The summed E-state index contributed by atoms with van der Waals surface area (Å²) in [6.07, 6.45) is -0.243. The fourth-order valence-electron chi connectivity index (χ4n) is 3.97. The van der Waals surface area contributed by atoms with E-state index in [0.29, 0.717) is 18.6 Å². The van der Waals surface area contributed by atoms with E-state index in [1.807, 2.05) is 23.7 Å². The summed E-state index contributed by atoms with van der Waals surface area (Å²) in [4.78, 5) is 6.90. The fourth-order valence-corrected chi connectivity index (χ4v) is 3.97. The minimum atomic E-state index is -4.34. The van der Waals surface area contributed by atoms with Crippen LogP contribution in [0.5, 0.6) is 0 Å². The smallest absolute Gasteiger partial charge is 0.369 e. The van der Waals surface area contributed by atoms with Crippen LogP contribution in [-0.2, 0) is 30.4 Å². The maximum absolute atomic E-state index is 12.9. The van der Waals surface area contributed by atoms with Gasteiger partial charge in [-0.25, -0.2) is 0 Å². The van der Waals surface area contributed by atoms with E-state index >= 15 is 0 Å². The van der Waals surface area contributed by atoms with Crippen LogP contribution in [-0.4, -0.2) is 39.4 Å². The van der Waals surface area contributed by atoms with Gasteiger partial charge in [0.15, 0.2) is 0 Å². The molecule has 3 aromatic rings. The number of aromatic nitrogens is 3. The number of halogens is 3. The molecule has 1 atom stereocenters. The van der Waals surface area contributed by atoms with E-state index in [1.165, 1.54) is 17.7 Å². The molecule has 0 spiro atoms. The highest BCUT2D eigenvalue weighted by molar-refractivity contribution is 5.30. The fraction of sp³-hybridized carbons (Fsp3) is 0.417. The third-order valence-electron chi connectivity index (χ3n) is 5.76. The predicted octanol–water partition coefficient (Wildman–Crippen LogP) is 4.79. The Labute approximate surface area is 185 Å². The lowest BCUT2D eigenvalue weighted by molar-refractivity contribution is -0.137. The van der Waals surface area contributed by atoms with Gasteiger partial charge in [-0.15, -0.1) is 0 Å². The van der Waals surface area contributed by atoms with Crippen LogP contribution in [0.2, 0.25) is 0 Å². The molecule has 32 heavy (non-hydrogen) atoms. The molecule has 2 aromatic heterocycles. The van der Waals surface area contributed by atoms with E-state index in [-0.39, 0.29) is 6.10 Å². The highest BCUT2D eigenvalue weighted by Crippen LogP contribution is 2.30. The number of pyridine rings is 1. The summed E-state index contributed by atoms with van der Waals surface area (Å²) >= 11 is 0. The van der Waals surface area contributed by atoms with Crippen molar-refractivity contribution in [2.24, 2.45) is 0 Å². The topological polar surface area (TPSA) is 43.2 Å². The molecule has 0 saturated carbocycles. The summed E-state index contributed by atoms with van der Waals surface area (Å²) in [6.45, 7) is 7.98. The van der Waals surface area contributed by atoms with E-state index in [0.717, 1.165) is 49.2 Å². The molecule has 5 nitrogen and oxygen atoms in total. The largest absolute Gasteiger partial charge is 0.416 e. The summed E-state index contributed by atoms with van der Waals surface area (Å²) in [7, 11) is 0. The second-order valence-electron chi connectivity index (χ2n) is 8.16. The van der Waals surface area contributed by atoms with Gasteiger partial charge < -0.3 is 4.74 Å². The van der Waals surface area contributed by atoms with Crippen LogP contribution in [0.25, 0.3) is 0 Å². The van der Waals surface area contributed by atoms with Gasteiger partial charge in [-0.05, 0) is 43.5 Å². The van der Waals surface area contributed by atoms with Crippen molar-refractivity contribution in [2.45, 2.75) is 45.6 Å². The molecule has 1 fully saturated rings. The number of benzene rings is 1. The number of aryl methyl sites for hydroxylation is 2. The Morgan fingerprint density at radius 2 is 2.00 bits per heavy atom. The van der Waals surface area contributed by atoms with Crippen LogP contribution in [0, 0.1) is 6.92 Å². The molecule has 1 saturated heterocycles. The quantitative estimate of drug-likeness (QED) is 0.548. The first-order chi connectivity index (χ1) is 15.3. The van der Waals surface area contributed by atoms with Crippen LogP contribution in [0.3, 0.4) is 0 Å². The van der Waals surface area contributed by atoms with Gasteiger partial charge in [0, 0.05) is 44.1 Å². The normalized spacial score (nSPS) is 17.6. The highest BCUT2D eigenvalue weighted by Gasteiger charge is 2.30. The van der Waals surface area contributed by atoms with Crippen molar-refractivity contribution in [1.82, 2.24) is 19.7 Å². The summed E-state index contributed by atoms with van der Waals surface area (Å²) < 4.78 is 46.7. The Hall–Kier alpha value is -2.71. The van der Waals surface area contributed by atoms with Gasteiger partial charge in [-0.3, -0.25) is 14.6 Å². The number of ether oxygens (including phenoxy) is 1. The third kappa shape index (κ3) is 5.37. The van der Waals surface area contributed by atoms with Crippen molar-refractivity contribution < 1.29 is 17.9 Å². The van der Waals surface area contributed by atoms with Gasteiger partial charge in [0.25, 0.3) is 0 Å². The number of hydrogen-bond acceptors (Lipinski definition) is 4. The van der Waals surface area contributed by atoms with Crippen LogP contribution < -0.4 is 0 Å². The summed E-state index contributed by atoms with van der Waals surface area (Å²) in [6, 6.07) is 9.26. The average molecular weight is 445 g/mol. The van der Waals surface area contributed by atoms with Crippen molar-refractivity contribution in [2.75, 3.05) is 19.7 Å². The van der Waals surface area contributed by atoms with Crippen molar-refractivity contribution in [3.63, 3.8) is 0 Å². The summed E-state index contributed by atoms with van der Waals surface area (Å²) in [5, 5.41) is 4.52. The summed E-state index contributed by atoms with van der Waals surface area (Å²) in [5.74, 6) is 0. The summed E-state index contributed by atoms with van der Waals surface area (Å²) in [5.41, 5.74) is 3.95. The lowest BCUT2D eigenvalue weighted by Crippen LogP contribution is -2.38. The molecule has 1 aliphatic rings. The zero-order valence-corrected chi connectivity index (χ0v) is 18.3. The van der Waals surface area contributed by atoms with Gasteiger partial charge in [-0.2, -0.15) is 18.3 Å². The second-order valence-corrected chi connectivity index (χ2v) is 8.16. The van der Waals surface area contributed by atoms with Gasteiger partial charge >= 0.3 is 6.18 Å². The highest BCUT2D eigenvalue weighted by atomic mass is 19.4. The van der Waals surface area contributed by atoms with Gasteiger partial charge in [0.2, 0.25) is 0 Å². The van der Waals surface area contributed by atoms with E-state index in [1.54, 1.807) is 12.3 Å². The minimum Gasteiger partial charge on any atom is -0.369 e. The zero-order chi connectivity index (χ0) is 22.7. The van der Waals surface area contributed by atoms with E-state index in [2.05, 4.69) is 28.1 Å². The zero-order valence-electron chi connectivity index (χ0n) is 18.3. The monoisotopic (exact) mass is 444 g/mol. The molecule has 8 heteroatoms. The van der Waals surface area contributed by atoms with Crippen molar-refractivity contribution in [3.8, 4) is 0 Å². The first kappa shape index (κ1) is 22.5. The Balaban J connectivity index is 1.39. The number of morpholine rings is 1. The molecule has 0 amide bonds. The minimum absolute atomic E-state index is 0.132. The molecule has 0 N–H and O–H groups in total. The number of hydrogen-bond donors (Lipinski definition) is 0. The molecular formula is C24H27F3N4O. The van der Waals surface area contributed by atoms with Crippen molar-refractivity contribution in [3.05, 3.63) is 82.4 Å². The molecule has 1 aliphatic heterocycles. The van der Waals surface area contributed by atoms with Crippen LogP contribution >= 0.6 is 0 Å². The SMILES string of the molecule is CCn1cc(CN2CCO[C@H](c3ccc(Cc4cccc(C(F)(F)F)c4)cn3)C2)c(C)n1. The number of nitrogens with zero attached hydrogens (tertiary/aromatic N) is 4. The van der Waals surface area contributed by atoms with E-state index < -0.39 is 11.7 Å². The lowest BCUT2D eigenvalue weighted by atomic mass is 10.0. The molecule has 170 valence electrons. The Bertz CT molecular complexity index is 1050. The first-order valence-electron chi connectivity index (χ1n) is 10.8. The van der Waals surface area contributed by atoms with Gasteiger partial charge in [0.1, 0.15) is 6.10 Å². The molecule has 3 heterocycles. The molecule has 0 bridgehead atoms. The number of rotatable bonds is 6. The first-order valence-corrected chi connectivity index (χ1v) is 10.8. The Morgan fingerprint density at radius 1 is 1.16 bits per heavy atom. The number of alkyl halides is 3. The van der Waals surface area contributed by atoms with E-state index in [4.69, 9.17) is 4.74 Å². The maximum Gasteiger partial charge on any atom is 0.416 e. The second kappa shape index (κ2) is 9.42. The van der Waals surface area contributed by atoms with Gasteiger partial charge in [-0.1, -0.05) is 24.3 Å². The van der Waals surface area contributed by atoms with Crippen molar-refractivity contribution in [1.29, 1.82) is 0 Å². The molecule has 4 rings (SSSR count). The molecule has 0 radical (unpaired) electrons.